The molecule has 0 saturated carbocycles. The van der Waals surface area contributed by atoms with Crippen LogP contribution in [0.4, 0.5) is 8.78 Å². The Morgan fingerprint density at radius 2 is 2.16 bits per heavy atom. The predicted molar refractivity (Wildman–Crippen MR) is 106 cm³/mol. The second-order valence-electron chi connectivity index (χ2n) is 6.49. The Kier molecular flexibility index (Phi) is 5.27. The highest BCUT2D eigenvalue weighted by molar-refractivity contribution is 7.93. The summed E-state index contributed by atoms with van der Waals surface area (Å²) >= 11 is 4.88. The average Bonchev–Trinajstić information content (AvgIpc) is 3.34. The van der Waals surface area contributed by atoms with Crippen molar-refractivity contribution in [1.82, 2.24) is 24.5 Å². The number of carbonyl (C=O) groups excluding carboxylic acids is 1. The van der Waals surface area contributed by atoms with Gasteiger partial charge in [0.25, 0.3) is 5.91 Å². The summed E-state index contributed by atoms with van der Waals surface area (Å²) in [6.07, 6.45) is 7.31. The van der Waals surface area contributed by atoms with Crippen molar-refractivity contribution < 1.29 is 22.3 Å². The molecule has 0 aliphatic rings. The van der Waals surface area contributed by atoms with Crippen LogP contribution in [0.1, 0.15) is 11.6 Å². The Morgan fingerprint density at radius 1 is 1.35 bits per heavy atom. The van der Waals surface area contributed by atoms with E-state index in [2.05, 4.69) is 29.0 Å². The topological polar surface area (TPSA) is 116 Å². The van der Waals surface area contributed by atoms with Gasteiger partial charge in [0, 0.05) is 36.6 Å². The highest BCUT2D eigenvalue weighted by Crippen LogP contribution is 2.32. The minimum absolute atomic E-state index is 0.0874. The van der Waals surface area contributed by atoms with E-state index in [1.54, 1.807) is 35.0 Å². The Labute approximate surface area is 179 Å². The van der Waals surface area contributed by atoms with Gasteiger partial charge < -0.3 is 8.92 Å². The van der Waals surface area contributed by atoms with Crippen molar-refractivity contribution >= 4 is 32.9 Å². The van der Waals surface area contributed by atoms with Crippen molar-refractivity contribution in [3.63, 3.8) is 0 Å². The van der Waals surface area contributed by atoms with Gasteiger partial charge in [-0.25, -0.2) is 9.19 Å². The molecular weight excluding hydrogens is 454 g/mol. The van der Waals surface area contributed by atoms with E-state index in [1.807, 2.05) is 0 Å². The van der Waals surface area contributed by atoms with Crippen LogP contribution in [0.15, 0.2) is 62.8 Å². The van der Waals surface area contributed by atoms with Gasteiger partial charge in [-0.05, 0) is 35.9 Å². The van der Waals surface area contributed by atoms with Crippen LogP contribution in [0, 0.1) is 0 Å². The number of amides is 1. The summed E-state index contributed by atoms with van der Waals surface area (Å²) in [7, 11) is -2.93. The van der Waals surface area contributed by atoms with E-state index in [-0.39, 0.29) is 12.2 Å². The Hall–Kier alpha value is -3.25. The molecule has 0 radical (unpaired) electrons. The summed E-state index contributed by atoms with van der Waals surface area (Å²) in [4.78, 5) is 24.5. The molecule has 0 aliphatic carbocycles. The van der Waals surface area contributed by atoms with Crippen molar-refractivity contribution in [3.05, 3.63) is 60.6 Å². The molecule has 1 amide bonds. The van der Waals surface area contributed by atoms with Crippen molar-refractivity contribution in [2.75, 3.05) is 6.26 Å². The summed E-state index contributed by atoms with van der Waals surface area (Å²) in [5.41, 5.74) is 1.16. The standard InChI is InChI=1S/C18H13ClF2N6O3S/c1-31(29,13-3-2-5-22-9-13)26-15(28)8-12-10-27-6-4-11(7-14(27)23-12)16-24-17(30-25-16)18(19,20)21/h2-7,9-10H,8H2,1H3. The molecule has 0 aromatic carbocycles. The van der Waals surface area contributed by atoms with Gasteiger partial charge in [-0.3, -0.25) is 9.78 Å². The first-order valence-corrected chi connectivity index (χ1v) is 11.0. The summed E-state index contributed by atoms with van der Waals surface area (Å²) in [5, 5.41) is -0.280. The maximum absolute atomic E-state index is 13.1. The van der Waals surface area contributed by atoms with Gasteiger partial charge in [-0.2, -0.15) is 18.1 Å². The van der Waals surface area contributed by atoms with Crippen LogP contribution >= 0.6 is 11.6 Å². The first-order chi connectivity index (χ1) is 14.6. The van der Waals surface area contributed by atoms with Crippen LogP contribution in [-0.2, 0) is 26.3 Å². The zero-order valence-corrected chi connectivity index (χ0v) is 17.3. The van der Waals surface area contributed by atoms with Crippen LogP contribution in [0.25, 0.3) is 17.0 Å². The van der Waals surface area contributed by atoms with E-state index >= 15 is 0 Å². The molecule has 4 aromatic heterocycles. The molecule has 31 heavy (non-hydrogen) atoms. The van der Waals surface area contributed by atoms with Crippen LogP contribution in [0.2, 0.25) is 0 Å². The number of hydrogen-bond donors (Lipinski definition) is 0. The van der Waals surface area contributed by atoms with Crippen LogP contribution < -0.4 is 0 Å². The normalized spacial score (nSPS) is 13.8. The third-order valence-corrected chi connectivity index (χ3v) is 5.95. The molecule has 4 heterocycles. The molecule has 9 nitrogen and oxygen atoms in total. The average molecular weight is 467 g/mol. The molecule has 1 unspecified atom stereocenters. The predicted octanol–water partition coefficient (Wildman–Crippen LogP) is 3.29. The number of imidazole rings is 1. The van der Waals surface area contributed by atoms with Crippen LogP contribution in [0.3, 0.4) is 0 Å². The Bertz CT molecular complexity index is 1390. The number of alkyl halides is 3. The fraction of sp³-hybridized carbons (Fsp3) is 0.167. The summed E-state index contributed by atoms with van der Waals surface area (Å²) in [6.45, 7) is 0. The fourth-order valence-corrected chi connectivity index (χ4v) is 3.94. The molecule has 4 aromatic rings. The highest BCUT2D eigenvalue weighted by atomic mass is 35.5. The number of nitrogens with zero attached hydrogens (tertiary/aromatic N) is 6. The molecule has 160 valence electrons. The van der Waals surface area contributed by atoms with E-state index in [4.69, 9.17) is 11.6 Å². The molecule has 0 N–H and O–H groups in total. The van der Waals surface area contributed by atoms with Gasteiger partial charge in [0.05, 0.1) is 26.7 Å². The first kappa shape index (κ1) is 21.0. The fourth-order valence-electron chi connectivity index (χ4n) is 2.72. The summed E-state index contributed by atoms with van der Waals surface area (Å²) in [6, 6.07) is 6.29. The number of carbonyl (C=O) groups is 1. The number of fused-ring (bicyclic) bond motifs is 1. The lowest BCUT2D eigenvalue weighted by molar-refractivity contribution is -0.117. The monoisotopic (exact) mass is 466 g/mol. The Morgan fingerprint density at radius 3 is 2.84 bits per heavy atom. The quantitative estimate of drug-likeness (QED) is 0.414. The van der Waals surface area contributed by atoms with E-state index in [0.717, 1.165) is 0 Å². The Balaban J connectivity index is 1.57. The SMILES string of the molecule is CS(=O)(=NC(=O)Cc1cn2ccc(-c3noc(C(F)(F)Cl)n3)cc2n1)c1cccnc1. The molecule has 4 rings (SSSR count). The molecule has 0 saturated heterocycles. The maximum Gasteiger partial charge on any atom is 0.400 e. The van der Waals surface area contributed by atoms with Crippen molar-refractivity contribution in [2.45, 2.75) is 16.7 Å². The minimum Gasteiger partial charge on any atom is -0.331 e. The van der Waals surface area contributed by atoms with Crippen LogP contribution in [-0.4, -0.2) is 40.9 Å². The van der Waals surface area contributed by atoms with Gasteiger partial charge in [-0.1, -0.05) is 5.16 Å². The number of rotatable bonds is 5. The van der Waals surface area contributed by atoms with Gasteiger partial charge in [0.15, 0.2) is 0 Å². The smallest absolute Gasteiger partial charge is 0.331 e. The van der Waals surface area contributed by atoms with Crippen molar-refractivity contribution in [3.8, 4) is 11.4 Å². The molecule has 1 atom stereocenters. The van der Waals surface area contributed by atoms with Crippen LogP contribution in [0.5, 0.6) is 0 Å². The van der Waals surface area contributed by atoms with E-state index in [0.29, 0.717) is 21.8 Å². The molecular formula is C18H13ClF2N6O3S. The molecule has 13 heteroatoms. The summed E-state index contributed by atoms with van der Waals surface area (Å²) < 4.78 is 48.8. The lowest BCUT2D eigenvalue weighted by Gasteiger charge is -2.02. The number of hydrogen-bond acceptors (Lipinski definition) is 7. The van der Waals surface area contributed by atoms with Gasteiger partial charge in [0.1, 0.15) is 5.65 Å². The summed E-state index contributed by atoms with van der Waals surface area (Å²) in [5.74, 6) is -1.71. The lowest BCUT2D eigenvalue weighted by atomic mass is 10.2. The third-order valence-electron chi connectivity index (χ3n) is 4.12. The van der Waals surface area contributed by atoms with E-state index < -0.39 is 26.9 Å². The zero-order chi connectivity index (χ0) is 22.2. The van der Waals surface area contributed by atoms with E-state index in [1.165, 1.54) is 24.7 Å². The molecule has 0 fully saturated rings. The second kappa shape index (κ2) is 7.78. The molecule has 0 aliphatic heterocycles. The number of aromatic nitrogens is 5. The second-order valence-corrected chi connectivity index (χ2v) is 9.22. The van der Waals surface area contributed by atoms with Crippen molar-refractivity contribution in [1.29, 1.82) is 0 Å². The van der Waals surface area contributed by atoms with E-state index in [9.17, 15) is 17.8 Å². The largest absolute Gasteiger partial charge is 0.400 e. The van der Waals surface area contributed by atoms with Gasteiger partial charge in [0.2, 0.25) is 5.82 Å². The first-order valence-electron chi connectivity index (χ1n) is 8.66. The molecule has 0 spiro atoms. The number of halogens is 3. The van der Waals surface area contributed by atoms with Gasteiger partial charge in [-0.15, -0.1) is 0 Å². The lowest BCUT2D eigenvalue weighted by Crippen LogP contribution is -2.06. The van der Waals surface area contributed by atoms with Crippen molar-refractivity contribution in [2.24, 2.45) is 4.36 Å². The molecule has 0 bridgehead atoms. The number of pyridine rings is 2. The minimum atomic E-state index is -3.77. The zero-order valence-electron chi connectivity index (χ0n) is 15.8. The highest BCUT2D eigenvalue weighted by Gasteiger charge is 2.35. The third kappa shape index (κ3) is 4.59. The van der Waals surface area contributed by atoms with Gasteiger partial charge >= 0.3 is 11.3 Å². The maximum atomic E-state index is 13.1.